The summed E-state index contributed by atoms with van der Waals surface area (Å²) in [7, 11) is 4.90. The SMILES string of the molecule is COC(CN)CC(=O)Nc1ccc(C(=O)N(C)C)cc1. The second-order valence-electron chi connectivity index (χ2n) is 4.62. The van der Waals surface area contributed by atoms with Crippen molar-refractivity contribution in [3.8, 4) is 0 Å². The second-order valence-corrected chi connectivity index (χ2v) is 4.62. The smallest absolute Gasteiger partial charge is 0.253 e. The molecule has 0 spiro atoms. The van der Waals surface area contributed by atoms with E-state index in [4.69, 9.17) is 10.5 Å². The number of amides is 2. The number of rotatable bonds is 6. The molecule has 6 nitrogen and oxygen atoms in total. The summed E-state index contributed by atoms with van der Waals surface area (Å²) in [6, 6.07) is 6.74. The van der Waals surface area contributed by atoms with Gasteiger partial charge in [-0.2, -0.15) is 0 Å². The maximum Gasteiger partial charge on any atom is 0.253 e. The number of carbonyl (C=O) groups excluding carboxylic acids is 2. The van der Waals surface area contributed by atoms with Gasteiger partial charge in [-0.25, -0.2) is 0 Å². The molecule has 0 aliphatic heterocycles. The number of hydrogen-bond donors (Lipinski definition) is 2. The van der Waals surface area contributed by atoms with Crippen LogP contribution in [0.1, 0.15) is 16.8 Å². The molecule has 0 heterocycles. The molecule has 0 saturated heterocycles. The van der Waals surface area contributed by atoms with Crippen LogP contribution >= 0.6 is 0 Å². The van der Waals surface area contributed by atoms with Gasteiger partial charge in [0.15, 0.2) is 0 Å². The second kappa shape index (κ2) is 7.62. The summed E-state index contributed by atoms with van der Waals surface area (Å²) in [4.78, 5) is 25.0. The molecule has 0 aliphatic rings. The van der Waals surface area contributed by atoms with E-state index in [0.29, 0.717) is 17.8 Å². The molecule has 2 amide bonds. The molecule has 0 fully saturated rings. The largest absolute Gasteiger partial charge is 0.380 e. The summed E-state index contributed by atoms with van der Waals surface area (Å²) in [5.41, 5.74) is 6.67. The van der Waals surface area contributed by atoms with Crippen LogP contribution in [-0.4, -0.2) is 50.6 Å². The fraction of sp³-hybridized carbons (Fsp3) is 0.429. The normalized spacial score (nSPS) is 11.8. The van der Waals surface area contributed by atoms with Crippen LogP contribution in [0.25, 0.3) is 0 Å². The minimum Gasteiger partial charge on any atom is -0.380 e. The number of benzene rings is 1. The molecule has 3 N–H and O–H groups in total. The van der Waals surface area contributed by atoms with Gasteiger partial charge >= 0.3 is 0 Å². The lowest BCUT2D eigenvalue weighted by Crippen LogP contribution is -2.28. The van der Waals surface area contributed by atoms with Gasteiger partial charge in [0.2, 0.25) is 5.91 Å². The molecule has 1 rings (SSSR count). The van der Waals surface area contributed by atoms with Gasteiger partial charge in [0.1, 0.15) is 0 Å². The Morgan fingerprint density at radius 3 is 2.35 bits per heavy atom. The molecule has 1 aromatic rings. The van der Waals surface area contributed by atoms with Gasteiger partial charge in [-0.3, -0.25) is 9.59 Å². The van der Waals surface area contributed by atoms with Gasteiger partial charge in [0.25, 0.3) is 5.91 Å². The molecule has 20 heavy (non-hydrogen) atoms. The fourth-order valence-electron chi connectivity index (χ4n) is 1.64. The van der Waals surface area contributed by atoms with Crippen molar-refractivity contribution in [2.45, 2.75) is 12.5 Å². The summed E-state index contributed by atoms with van der Waals surface area (Å²) < 4.78 is 5.05. The number of nitrogens with one attached hydrogen (secondary N) is 1. The van der Waals surface area contributed by atoms with Gasteiger partial charge in [0, 0.05) is 39.0 Å². The highest BCUT2D eigenvalue weighted by Gasteiger charge is 2.12. The van der Waals surface area contributed by atoms with Crippen molar-refractivity contribution in [2.24, 2.45) is 5.73 Å². The lowest BCUT2D eigenvalue weighted by Gasteiger charge is -2.13. The predicted octanol–water partition coefficient (Wildman–Crippen LogP) is 0.691. The minimum atomic E-state index is -0.287. The maximum atomic E-state index is 11.7. The quantitative estimate of drug-likeness (QED) is 0.802. The third kappa shape index (κ3) is 4.64. The van der Waals surface area contributed by atoms with E-state index in [1.807, 2.05) is 0 Å². The zero-order valence-corrected chi connectivity index (χ0v) is 12.1. The average molecular weight is 279 g/mol. The Kier molecular flexibility index (Phi) is 6.14. The summed E-state index contributed by atoms with van der Waals surface area (Å²) in [6.07, 6.45) is -0.0876. The van der Waals surface area contributed by atoms with E-state index in [2.05, 4.69) is 5.32 Å². The number of anilines is 1. The molecule has 0 aromatic heterocycles. The zero-order valence-electron chi connectivity index (χ0n) is 12.1. The van der Waals surface area contributed by atoms with Crippen LogP contribution in [0.2, 0.25) is 0 Å². The minimum absolute atomic E-state index is 0.0783. The van der Waals surface area contributed by atoms with Crippen molar-refractivity contribution in [3.63, 3.8) is 0 Å². The number of hydrogen-bond acceptors (Lipinski definition) is 4. The standard InChI is InChI=1S/C14H21N3O3/c1-17(2)14(19)10-4-6-11(7-5-10)16-13(18)8-12(9-15)20-3/h4-7,12H,8-9,15H2,1-3H3,(H,16,18). The number of methoxy groups -OCH3 is 1. The molecule has 1 unspecified atom stereocenters. The maximum absolute atomic E-state index is 11.7. The molecule has 0 aliphatic carbocycles. The van der Waals surface area contributed by atoms with E-state index >= 15 is 0 Å². The fourth-order valence-corrected chi connectivity index (χ4v) is 1.64. The first-order chi connectivity index (χ1) is 9.47. The Balaban J connectivity index is 2.61. The Labute approximate surface area is 118 Å². The van der Waals surface area contributed by atoms with Crippen LogP contribution in [0.5, 0.6) is 0 Å². The lowest BCUT2D eigenvalue weighted by molar-refractivity contribution is -0.118. The average Bonchev–Trinajstić information content (AvgIpc) is 2.44. The van der Waals surface area contributed by atoms with Crippen LogP contribution in [0.15, 0.2) is 24.3 Å². The monoisotopic (exact) mass is 279 g/mol. The predicted molar refractivity (Wildman–Crippen MR) is 77.6 cm³/mol. The van der Waals surface area contributed by atoms with Crippen LogP contribution in [0.4, 0.5) is 5.69 Å². The highest BCUT2D eigenvalue weighted by atomic mass is 16.5. The number of nitrogens with zero attached hydrogens (tertiary/aromatic N) is 1. The zero-order chi connectivity index (χ0) is 15.1. The van der Waals surface area contributed by atoms with Crippen LogP contribution in [0, 0.1) is 0 Å². The van der Waals surface area contributed by atoms with Gasteiger partial charge < -0.3 is 20.7 Å². The van der Waals surface area contributed by atoms with Crippen molar-refractivity contribution in [2.75, 3.05) is 33.1 Å². The van der Waals surface area contributed by atoms with Crippen LogP contribution in [0.3, 0.4) is 0 Å². The molecule has 0 bridgehead atoms. The molecule has 6 heteroatoms. The van der Waals surface area contributed by atoms with E-state index in [1.54, 1.807) is 38.4 Å². The van der Waals surface area contributed by atoms with Gasteiger partial charge in [-0.15, -0.1) is 0 Å². The number of carbonyl (C=O) groups is 2. The molecular weight excluding hydrogens is 258 g/mol. The Bertz CT molecular complexity index is 453. The third-order valence-electron chi connectivity index (χ3n) is 2.83. The highest BCUT2D eigenvalue weighted by molar-refractivity contribution is 5.95. The molecule has 1 aromatic carbocycles. The first-order valence-corrected chi connectivity index (χ1v) is 6.32. The van der Waals surface area contributed by atoms with E-state index in [-0.39, 0.29) is 24.3 Å². The molecular formula is C14H21N3O3. The third-order valence-corrected chi connectivity index (χ3v) is 2.83. The van der Waals surface area contributed by atoms with E-state index in [1.165, 1.54) is 12.0 Å². The van der Waals surface area contributed by atoms with Crippen LogP contribution in [-0.2, 0) is 9.53 Å². The van der Waals surface area contributed by atoms with Gasteiger partial charge in [-0.1, -0.05) is 0 Å². The lowest BCUT2D eigenvalue weighted by atomic mass is 10.1. The molecule has 0 radical (unpaired) electrons. The summed E-state index contributed by atoms with van der Waals surface area (Å²) in [6.45, 7) is 0.292. The molecule has 110 valence electrons. The Hall–Kier alpha value is -1.92. The van der Waals surface area contributed by atoms with Gasteiger partial charge in [0.05, 0.1) is 12.5 Å². The molecule has 1 atom stereocenters. The topological polar surface area (TPSA) is 84.7 Å². The highest BCUT2D eigenvalue weighted by Crippen LogP contribution is 2.11. The first-order valence-electron chi connectivity index (χ1n) is 6.32. The summed E-state index contributed by atoms with van der Waals surface area (Å²) in [5, 5.41) is 2.74. The number of nitrogens with two attached hydrogens (primary N) is 1. The van der Waals surface area contributed by atoms with E-state index < -0.39 is 0 Å². The summed E-state index contributed by atoms with van der Waals surface area (Å²) in [5.74, 6) is -0.251. The molecule has 0 saturated carbocycles. The van der Waals surface area contributed by atoms with E-state index in [9.17, 15) is 9.59 Å². The first kappa shape index (κ1) is 16.1. The van der Waals surface area contributed by atoms with Crippen molar-refractivity contribution in [1.29, 1.82) is 0 Å². The van der Waals surface area contributed by atoms with E-state index in [0.717, 1.165) is 0 Å². The summed E-state index contributed by atoms with van der Waals surface area (Å²) >= 11 is 0. The number of ether oxygens (including phenoxy) is 1. The van der Waals surface area contributed by atoms with Crippen molar-refractivity contribution >= 4 is 17.5 Å². The van der Waals surface area contributed by atoms with Crippen molar-refractivity contribution < 1.29 is 14.3 Å². The van der Waals surface area contributed by atoms with Crippen molar-refractivity contribution in [3.05, 3.63) is 29.8 Å². The van der Waals surface area contributed by atoms with Gasteiger partial charge in [-0.05, 0) is 24.3 Å². The Morgan fingerprint density at radius 1 is 1.30 bits per heavy atom. The van der Waals surface area contributed by atoms with Crippen molar-refractivity contribution in [1.82, 2.24) is 4.90 Å². The Morgan fingerprint density at radius 2 is 1.90 bits per heavy atom. The van der Waals surface area contributed by atoms with Crippen LogP contribution < -0.4 is 11.1 Å².